The number of ether oxygens (including phenoxy) is 1. The fraction of sp³-hybridized carbons (Fsp3) is 0.154. The molecule has 0 fully saturated rings. The van der Waals surface area contributed by atoms with Crippen LogP contribution in [0.2, 0.25) is 5.02 Å². The standard InChI is InChI=1S/C13H10ClN3O2/c14-9-3-4-10(16-8-9)13(18)17-6-7-19-12-11(17)2-1-5-15-12/h1-5,8H,6-7H2. The van der Waals surface area contributed by atoms with Crippen LogP contribution in [0.3, 0.4) is 0 Å². The van der Waals surface area contributed by atoms with E-state index < -0.39 is 0 Å². The van der Waals surface area contributed by atoms with Gasteiger partial charge in [0.15, 0.2) is 0 Å². The summed E-state index contributed by atoms with van der Waals surface area (Å²) in [6.45, 7) is 0.894. The average Bonchev–Trinajstić information content (AvgIpc) is 2.47. The van der Waals surface area contributed by atoms with Gasteiger partial charge in [0.05, 0.1) is 11.6 Å². The molecule has 0 aliphatic carbocycles. The van der Waals surface area contributed by atoms with Crippen molar-refractivity contribution < 1.29 is 9.53 Å². The summed E-state index contributed by atoms with van der Waals surface area (Å²) in [5.41, 5.74) is 1.01. The van der Waals surface area contributed by atoms with Crippen molar-refractivity contribution in [1.82, 2.24) is 9.97 Å². The van der Waals surface area contributed by atoms with E-state index in [2.05, 4.69) is 9.97 Å². The van der Waals surface area contributed by atoms with Crippen LogP contribution in [0.15, 0.2) is 36.7 Å². The lowest BCUT2D eigenvalue weighted by Gasteiger charge is -2.28. The number of aromatic nitrogens is 2. The van der Waals surface area contributed by atoms with E-state index in [1.54, 1.807) is 35.4 Å². The molecule has 5 nitrogen and oxygen atoms in total. The van der Waals surface area contributed by atoms with Gasteiger partial charge in [0.2, 0.25) is 5.88 Å². The number of anilines is 1. The van der Waals surface area contributed by atoms with E-state index in [4.69, 9.17) is 16.3 Å². The van der Waals surface area contributed by atoms with E-state index in [-0.39, 0.29) is 5.91 Å². The maximum absolute atomic E-state index is 12.4. The Labute approximate surface area is 114 Å². The van der Waals surface area contributed by atoms with Crippen LogP contribution in [-0.2, 0) is 0 Å². The topological polar surface area (TPSA) is 55.3 Å². The van der Waals surface area contributed by atoms with Gasteiger partial charge in [-0.1, -0.05) is 11.6 Å². The summed E-state index contributed by atoms with van der Waals surface area (Å²) in [5.74, 6) is 0.283. The van der Waals surface area contributed by atoms with Crippen LogP contribution >= 0.6 is 11.6 Å². The van der Waals surface area contributed by atoms with Crippen molar-refractivity contribution in [2.45, 2.75) is 0 Å². The minimum Gasteiger partial charge on any atom is -0.474 e. The highest BCUT2D eigenvalue weighted by Gasteiger charge is 2.25. The predicted octanol–water partition coefficient (Wildman–Crippen LogP) is 2.17. The van der Waals surface area contributed by atoms with Crippen LogP contribution in [0.25, 0.3) is 0 Å². The third-order valence-corrected chi connectivity index (χ3v) is 3.01. The molecule has 0 radical (unpaired) electrons. The van der Waals surface area contributed by atoms with E-state index in [1.165, 1.54) is 6.20 Å². The number of carbonyl (C=O) groups is 1. The molecule has 6 heteroatoms. The third kappa shape index (κ3) is 2.24. The monoisotopic (exact) mass is 275 g/mol. The molecule has 0 unspecified atom stereocenters. The van der Waals surface area contributed by atoms with E-state index in [1.807, 2.05) is 0 Å². The Kier molecular flexibility index (Phi) is 3.05. The van der Waals surface area contributed by atoms with Gasteiger partial charge < -0.3 is 4.74 Å². The number of hydrogen-bond acceptors (Lipinski definition) is 4. The van der Waals surface area contributed by atoms with Crippen LogP contribution in [0.5, 0.6) is 5.88 Å². The van der Waals surface area contributed by atoms with Gasteiger partial charge >= 0.3 is 0 Å². The highest BCUT2D eigenvalue weighted by molar-refractivity contribution is 6.30. The molecule has 0 saturated carbocycles. The second-order valence-corrected chi connectivity index (χ2v) is 4.43. The number of pyridine rings is 2. The molecule has 0 spiro atoms. The minimum atomic E-state index is -0.186. The van der Waals surface area contributed by atoms with Crippen molar-refractivity contribution in [2.24, 2.45) is 0 Å². The molecule has 3 rings (SSSR count). The maximum atomic E-state index is 12.4. The van der Waals surface area contributed by atoms with E-state index in [0.29, 0.717) is 35.4 Å². The van der Waals surface area contributed by atoms with Gasteiger partial charge in [0.1, 0.15) is 18.0 Å². The van der Waals surface area contributed by atoms with Crippen LogP contribution in [0, 0.1) is 0 Å². The van der Waals surface area contributed by atoms with Crippen LogP contribution in [0.4, 0.5) is 5.69 Å². The fourth-order valence-electron chi connectivity index (χ4n) is 1.90. The zero-order valence-corrected chi connectivity index (χ0v) is 10.7. The molecule has 1 aliphatic heterocycles. The van der Waals surface area contributed by atoms with Crippen molar-refractivity contribution in [3.63, 3.8) is 0 Å². The number of rotatable bonds is 1. The Morgan fingerprint density at radius 3 is 3.00 bits per heavy atom. The van der Waals surface area contributed by atoms with Gasteiger partial charge in [-0.2, -0.15) is 0 Å². The highest BCUT2D eigenvalue weighted by Crippen LogP contribution is 2.29. The SMILES string of the molecule is O=C(c1ccc(Cl)cn1)N1CCOc2ncccc21. The molecule has 0 saturated heterocycles. The summed E-state index contributed by atoms with van der Waals surface area (Å²) in [5, 5.41) is 0.501. The first-order valence-electron chi connectivity index (χ1n) is 5.77. The number of nitrogens with zero attached hydrogens (tertiary/aromatic N) is 3. The first-order chi connectivity index (χ1) is 9.25. The lowest BCUT2D eigenvalue weighted by atomic mass is 10.2. The van der Waals surface area contributed by atoms with Gasteiger partial charge in [-0.25, -0.2) is 9.97 Å². The van der Waals surface area contributed by atoms with E-state index >= 15 is 0 Å². The molecule has 0 atom stereocenters. The number of carbonyl (C=O) groups excluding carboxylic acids is 1. The number of hydrogen-bond donors (Lipinski definition) is 0. The predicted molar refractivity (Wildman–Crippen MR) is 70.7 cm³/mol. The molecule has 2 aromatic heterocycles. The molecule has 3 heterocycles. The quantitative estimate of drug-likeness (QED) is 0.800. The van der Waals surface area contributed by atoms with Crippen molar-refractivity contribution in [2.75, 3.05) is 18.1 Å². The van der Waals surface area contributed by atoms with Gasteiger partial charge in [-0.15, -0.1) is 0 Å². The van der Waals surface area contributed by atoms with Gasteiger partial charge in [-0.3, -0.25) is 9.69 Å². The second-order valence-electron chi connectivity index (χ2n) is 3.99. The second kappa shape index (κ2) is 4.85. The van der Waals surface area contributed by atoms with Crippen LogP contribution in [-0.4, -0.2) is 29.0 Å². The van der Waals surface area contributed by atoms with E-state index in [9.17, 15) is 4.79 Å². The molecule has 96 valence electrons. The van der Waals surface area contributed by atoms with Crippen molar-refractivity contribution in [1.29, 1.82) is 0 Å². The summed E-state index contributed by atoms with van der Waals surface area (Å²) in [6, 6.07) is 6.82. The Hall–Kier alpha value is -2.14. The molecule has 2 aromatic rings. The smallest absolute Gasteiger partial charge is 0.277 e. The lowest BCUT2D eigenvalue weighted by Crippen LogP contribution is -2.38. The molecule has 0 aromatic carbocycles. The molecular formula is C13H10ClN3O2. The Balaban J connectivity index is 1.95. The lowest BCUT2D eigenvalue weighted by molar-refractivity contribution is 0.0971. The van der Waals surface area contributed by atoms with E-state index in [0.717, 1.165) is 0 Å². The summed E-state index contributed by atoms with van der Waals surface area (Å²) in [6.07, 6.45) is 3.09. The maximum Gasteiger partial charge on any atom is 0.277 e. The summed E-state index contributed by atoms with van der Waals surface area (Å²) < 4.78 is 5.41. The summed E-state index contributed by atoms with van der Waals surface area (Å²) in [7, 11) is 0. The third-order valence-electron chi connectivity index (χ3n) is 2.79. The van der Waals surface area contributed by atoms with Gasteiger partial charge in [0.25, 0.3) is 5.91 Å². The number of amides is 1. The highest BCUT2D eigenvalue weighted by atomic mass is 35.5. The summed E-state index contributed by atoms with van der Waals surface area (Å²) >= 11 is 5.77. The van der Waals surface area contributed by atoms with Crippen molar-refractivity contribution in [3.8, 4) is 5.88 Å². The zero-order valence-electron chi connectivity index (χ0n) is 9.91. The zero-order chi connectivity index (χ0) is 13.2. The Bertz CT molecular complexity index is 616. The van der Waals surface area contributed by atoms with Crippen molar-refractivity contribution >= 4 is 23.2 Å². The fourth-order valence-corrected chi connectivity index (χ4v) is 2.02. The average molecular weight is 276 g/mol. The summed E-state index contributed by atoms with van der Waals surface area (Å²) in [4.78, 5) is 22.2. The van der Waals surface area contributed by atoms with Gasteiger partial charge in [0, 0.05) is 12.4 Å². The number of halogens is 1. The molecule has 0 N–H and O–H groups in total. The van der Waals surface area contributed by atoms with Crippen LogP contribution < -0.4 is 9.64 Å². The Morgan fingerprint density at radius 2 is 2.21 bits per heavy atom. The van der Waals surface area contributed by atoms with Crippen LogP contribution in [0.1, 0.15) is 10.5 Å². The van der Waals surface area contributed by atoms with Crippen molar-refractivity contribution in [3.05, 3.63) is 47.4 Å². The first-order valence-corrected chi connectivity index (χ1v) is 6.15. The Morgan fingerprint density at radius 1 is 1.32 bits per heavy atom. The normalized spacial score (nSPS) is 13.6. The molecule has 1 aliphatic rings. The molecule has 0 bridgehead atoms. The largest absolute Gasteiger partial charge is 0.474 e. The van der Waals surface area contributed by atoms with Gasteiger partial charge in [-0.05, 0) is 24.3 Å². The first kappa shape index (κ1) is 11.9. The molecular weight excluding hydrogens is 266 g/mol. The molecule has 19 heavy (non-hydrogen) atoms. The number of fused-ring (bicyclic) bond motifs is 1. The molecule has 1 amide bonds. The minimum absolute atomic E-state index is 0.186.